The van der Waals surface area contributed by atoms with Crippen LogP contribution < -0.4 is 5.32 Å². The Kier molecular flexibility index (Phi) is 6.48. The molecule has 0 aromatic heterocycles. The molecule has 1 saturated heterocycles. The van der Waals surface area contributed by atoms with Crippen molar-refractivity contribution in [3.8, 4) is 0 Å². The predicted molar refractivity (Wildman–Crippen MR) is 85.3 cm³/mol. The fourth-order valence-corrected chi connectivity index (χ4v) is 4.69. The Morgan fingerprint density at radius 2 is 1.90 bits per heavy atom. The van der Waals surface area contributed by atoms with Crippen LogP contribution in [0.5, 0.6) is 0 Å². The zero-order valence-corrected chi connectivity index (χ0v) is 14.6. The molecule has 0 aromatic carbocycles. The molecule has 20 heavy (non-hydrogen) atoms. The second-order valence-corrected chi connectivity index (χ2v) is 9.19. The molecule has 2 unspecified atom stereocenters. The number of sulfonamides is 1. The summed E-state index contributed by atoms with van der Waals surface area (Å²) < 4.78 is 26.7. The van der Waals surface area contributed by atoms with Gasteiger partial charge in [-0.15, -0.1) is 0 Å². The zero-order chi connectivity index (χ0) is 15.4. The molecular formula is C15H32N2O2S. The first-order valence-corrected chi connectivity index (χ1v) is 9.51. The fraction of sp³-hybridized carbons (Fsp3) is 1.00. The van der Waals surface area contributed by atoms with Gasteiger partial charge in [0.15, 0.2) is 0 Å². The van der Waals surface area contributed by atoms with Crippen LogP contribution in [0.15, 0.2) is 0 Å². The minimum Gasteiger partial charge on any atom is -0.314 e. The van der Waals surface area contributed by atoms with E-state index in [-0.39, 0.29) is 11.2 Å². The number of nitrogens with zero attached hydrogens (tertiary/aromatic N) is 1. The topological polar surface area (TPSA) is 49.4 Å². The molecule has 0 aromatic rings. The molecule has 1 aliphatic rings. The smallest absolute Gasteiger partial charge is 0.214 e. The molecule has 1 heterocycles. The predicted octanol–water partition coefficient (Wildman–Crippen LogP) is 2.46. The Bertz CT molecular complexity index is 387. The Morgan fingerprint density at radius 1 is 1.25 bits per heavy atom. The minimum absolute atomic E-state index is 0.0688. The van der Waals surface area contributed by atoms with E-state index in [2.05, 4.69) is 39.9 Å². The van der Waals surface area contributed by atoms with Gasteiger partial charge >= 0.3 is 0 Å². The van der Waals surface area contributed by atoms with Crippen LogP contribution in [0.1, 0.15) is 53.9 Å². The number of hydrogen-bond donors (Lipinski definition) is 1. The van der Waals surface area contributed by atoms with Crippen LogP contribution in [0.3, 0.4) is 0 Å². The quantitative estimate of drug-likeness (QED) is 0.820. The molecule has 0 bridgehead atoms. The summed E-state index contributed by atoms with van der Waals surface area (Å²) in [6.07, 6.45) is 2.68. The largest absolute Gasteiger partial charge is 0.314 e. The molecule has 1 fully saturated rings. The van der Waals surface area contributed by atoms with Gasteiger partial charge in [0.25, 0.3) is 0 Å². The van der Waals surface area contributed by atoms with Gasteiger partial charge in [0.2, 0.25) is 10.0 Å². The van der Waals surface area contributed by atoms with Crippen molar-refractivity contribution >= 4 is 10.0 Å². The number of rotatable bonds is 6. The van der Waals surface area contributed by atoms with Crippen LogP contribution in [-0.4, -0.2) is 44.2 Å². The molecule has 1 rings (SSSR count). The number of hydrogen-bond acceptors (Lipinski definition) is 3. The third-order valence-electron chi connectivity index (χ3n) is 4.19. The molecule has 0 amide bonds. The van der Waals surface area contributed by atoms with Crippen molar-refractivity contribution in [2.24, 2.45) is 11.3 Å². The van der Waals surface area contributed by atoms with Crippen LogP contribution in [0.2, 0.25) is 0 Å². The van der Waals surface area contributed by atoms with Crippen molar-refractivity contribution in [1.82, 2.24) is 9.62 Å². The van der Waals surface area contributed by atoms with Crippen molar-refractivity contribution in [3.63, 3.8) is 0 Å². The van der Waals surface area contributed by atoms with Crippen LogP contribution in [-0.2, 0) is 10.0 Å². The van der Waals surface area contributed by atoms with E-state index in [9.17, 15) is 8.42 Å². The summed E-state index contributed by atoms with van der Waals surface area (Å²) in [4.78, 5) is 0. The molecular weight excluding hydrogens is 272 g/mol. The van der Waals surface area contributed by atoms with Gasteiger partial charge in [-0.3, -0.25) is 0 Å². The van der Waals surface area contributed by atoms with Crippen molar-refractivity contribution in [2.45, 2.75) is 59.9 Å². The van der Waals surface area contributed by atoms with Gasteiger partial charge < -0.3 is 5.32 Å². The molecule has 2 atom stereocenters. The second-order valence-electron chi connectivity index (χ2n) is 7.11. The first-order valence-electron chi connectivity index (χ1n) is 7.91. The van der Waals surface area contributed by atoms with Crippen LogP contribution in [0, 0.1) is 11.3 Å². The Hall–Kier alpha value is -0.130. The maximum atomic E-state index is 12.5. The number of piperidine rings is 1. The van der Waals surface area contributed by atoms with E-state index in [0.29, 0.717) is 25.0 Å². The first-order chi connectivity index (χ1) is 9.19. The minimum atomic E-state index is -3.09. The summed E-state index contributed by atoms with van der Waals surface area (Å²) in [6, 6.07) is 0.471. The van der Waals surface area contributed by atoms with Gasteiger partial charge in [0.05, 0.1) is 5.75 Å². The van der Waals surface area contributed by atoms with Crippen molar-refractivity contribution in [2.75, 3.05) is 25.4 Å². The van der Waals surface area contributed by atoms with Gasteiger partial charge in [-0.25, -0.2) is 12.7 Å². The maximum Gasteiger partial charge on any atom is 0.214 e. The monoisotopic (exact) mass is 304 g/mol. The average Bonchev–Trinajstić information content (AvgIpc) is 2.36. The van der Waals surface area contributed by atoms with Crippen LogP contribution in [0.25, 0.3) is 0 Å². The van der Waals surface area contributed by atoms with E-state index in [4.69, 9.17) is 0 Å². The summed E-state index contributed by atoms with van der Waals surface area (Å²) in [6.45, 7) is 12.8. The van der Waals surface area contributed by atoms with Gasteiger partial charge in [0, 0.05) is 19.1 Å². The highest BCUT2D eigenvalue weighted by molar-refractivity contribution is 7.89. The molecule has 120 valence electrons. The van der Waals surface area contributed by atoms with Gasteiger partial charge in [0.1, 0.15) is 0 Å². The van der Waals surface area contributed by atoms with E-state index < -0.39 is 10.0 Å². The first kappa shape index (κ1) is 17.9. The molecule has 4 nitrogen and oxygen atoms in total. The Labute approximate surface area is 125 Å². The van der Waals surface area contributed by atoms with Gasteiger partial charge in [-0.2, -0.15) is 0 Å². The van der Waals surface area contributed by atoms with E-state index in [1.165, 1.54) is 0 Å². The Balaban J connectivity index is 2.64. The van der Waals surface area contributed by atoms with E-state index in [0.717, 1.165) is 25.8 Å². The number of nitrogens with one attached hydrogen (secondary N) is 1. The highest BCUT2D eigenvalue weighted by Crippen LogP contribution is 2.25. The molecule has 1 N–H and O–H groups in total. The normalized spacial score (nSPS) is 25.9. The van der Waals surface area contributed by atoms with Gasteiger partial charge in [-0.1, -0.05) is 41.0 Å². The average molecular weight is 305 g/mol. The fourth-order valence-electron chi connectivity index (χ4n) is 2.76. The SMILES string of the molecule is CCNC1CCN(S(=O)(=O)CCC(C)(C)C)CC1CC. The zero-order valence-electron chi connectivity index (χ0n) is 13.8. The maximum absolute atomic E-state index is 12.5. The Morgan fingerprint density at radius 3 is 2.40 bits per heavy atom. The standard InChI is InChI=1S/C15H32N2O2S/c1-6-13-12-17(10-8-14(13)16-7-2)20(18,19)11-9-15(3,4)5/h13-14,16H,6-12H2,1-5H3. The third-order valence-corrected chi connectivity index (χ3v) is 6.03. The van der Waals surface area contributed by atoms with E-state index >= 15 is 0 Å². The highest BCUT2D eigenvalue weighted by atomic mass is 32.2. The van der Waals surface area contributed by atoms with Crippen molar-refractivity contribution in [1.29, 1.82) is 0 Å². The van der Waals surface area contributed by atoms with Crippen LogP contribution >= 0.6 is 0 Å². The lowest BCUT2D eigenvalue weighted by molar-refractivity contribution is 0.203. The summed E-state index contributed by atoms with van der Waals surface area (Å²) in [7, 11) is -3.09. The second kappa shape index (κ2) is 7.23. The summed E-state index contributed by atoms with van der Waals surface area (Å²) >= 11 is 0. The van der Waals surface area contributed by atoms with Crippen LogP contribution in [0.4, 0.5) is 0 Å². The van der Waals surface area contributed by atoms with Crippen molar-refractivity contribution < 1.29 is 8.42 Å². The lowest BCUT2D eigenvalue weighted by Gasteiger charge is -2.38. The molecule has 1 aliphatic heterocycles. The molecule has 0 saturated carbocycles. The highest BCUT2D eigenvalue weighted by Gasteiger charge is 2.33. The molecule has 5 heteroatoms. The lowest BCUT2D eigenvalue weighted by atomic mass is 9.91. The molecule has 0 radical (unpaired) electrons. The summed E-state index contributed by atoms with van der Waals surface area (Å²) in [5.74, 6) is 0.715. The summed E-state index contributed by atoms with van der Waals surface area (Å²) in [5.41, 5.74) is 0.0688. The van der Waals surface area contributed by atoms with E-state index in [1.807, 2.05) is 0 Å². The summed E-state index contributed by atoms with van der Waals surface area (Å²) in [5, 5.41) is 3.49. The molecule has 0 spiro atoms. The van der Waals surface area contributed by atoms with Gasteiger partial charge in [-0.05, 0) is 30.7 Å². The third kappa shape index (κ3) is 5.34. The lowest BCUT2D eigenvalue weighted by Crippen LogP contribution is -2.51. The molecule has 0 aliphatic carbocycles. The van der Waals surface area contributed by atoms with Crippen molar-refractivity contribution in [3.05, 3.63) is 0 Å². The van der Waals surface area contributed by atoms with E-state index in [1.54, 1.807) is 4.31 Å².